The van der Waals surface area contributed by atoms with E-state index < -0.39 is 0 Å². The van der Waals surface area contributed by atoms with Crippen LogP contribution in [-0.4, -0.2) is 11.8 Å². The number of aromatic nitrogens is 1. The Kier molecular flexibility index (Phi) is 4.39. The van der Waals surface area contributed by atoms with Crippen molar-refractivity contribution in [2.75, 3.05) is 6.61 Å². The van der Waals surface area contributed by atoms with Gasteiger partial charge in [-0.1, -0.05) is 35.5 Å². The molecule has 22 heavy (non-hydrogen) atoms. The third kappa shape index (κ3) is 3.12. The van der Waals surface area contributed by atoms with Gasteiger partial charge in [0.25, 0.3) is 0 Å². The minimum Gasteiger partial charge on any atom is -0.494 e. The second-order valence-electron chi connectivity index (χ2n) is 5.23. The van der Waals surface area contributed by atoms with Crippen molar-refractivity contribution in [1.29, 1.82) is 0 Å². The van der Waals surface area contributed by atoms with Crippen LogP contribution in [0.15, 0.2) is 47.0 Å². The maximum absolute atomic E-state index is 5.78. The zero-order valence-corrected chi connectivity index (χ0v) is 12.9. The van der Waals surface area contributed by atoms with Gasteiger partial charge in [0.15, 0.2) is 0 Å². The third-order valence-corrected chi connectivity index (χ3v) is 3.58. The second-order valence-corrected chi connectivity index (χ2v) is 5.23. The molecule has 0 saturated heterocycles. The Morgan fingerprint density at radius 1 is 1.14 bits per heavy atom. The summed E-state index contributed by atoms with van der Waals surface area (Å²) in [6, 6.07) is 14.5. The van der Waals surface area contributed by atoms with Gasteiger partial charge in [0.2, 0.25) is 0 Å². The van der Waals surface area contributed by atoms with Gasteiger partial charge in [-0.2, -0.15) is 0 Å². The Morgan fingerprint density at radius 2 is 2.00 bits per heavy atom. The molecule has 3 aromatic rings. The molecule has 1 heterocycles. The van der Waals surface area contributed by atoms with Gasteiger partial charge in [-0.15, -0.1) is 0 Å². The third-order valence-electron chi connectivity index (χ3n) is 3.58. The molecule has 114 valence electrons. The van der Waals surface area contributed by atoms with E-state index in [0.717, 1.165) is 23.7 Å². The number of ether oxygens (including phenoxy) is 1. The highest BCUT2D eigenvalue weighted by atomic mass is 16.5. The van der Waals surface area contributed by atoms with Gasteiger partial charge in [0.05, 0.1) is 12.3 Å². The fourth-order valence-electron chi connectivity index (χ4n) is 2.61. The van der Waals surface area contributed by atoms with Crippen LogP contribution < -0.4 is 10.1 Å². The molecule has 4 heteroatoms. The SMILES string of the molecule is CCOc1ccc2ccccc2c1CNCc1cc(C)on1. The molecule has 1 N–H and O–H groups in total. The Hall–Kier alpha value is -2.33. The predicted octanol–water partition coefficient (Wildman–Crippen LogP) is 3.82. The first-order valence-electron chi connectivity index (χ1n) is 7.54. The summed E-state index contributed by atoms with van der Waals surface area (Å²) in [6.45, 7) is 5.96. The van der Waals surface area contributed by atoms with Crippen LogP contribution in [-0.2, 0) is 13.1 Å². The molecule has 0 aliphatic carbocycles. The monoisotopic (exact) mass is 296 g/mol. The van der Waals surface area contributed by atoms with Gasteiger partial charge in [-0.3, -0.25) is 0 Å². The van der Waals surface area contributed by atoms with Crippen LogP contribution in [0.1, 0.15) is 23.9 Å². The molecule has 0 atom stereocenters. The summed E-state index contributed by atoms with van der Waals surface area (Å²) in [5.41, 5.74) is 2.09. The summed E-state index contributed by atoms with van der Waals surface area (Å²) in [5, 5.41) is 9.86. The average molecular weight is 296 g/mol. The van der Waals surface area contributed by atoms with Gasteiger partial charge in [0.1, 0.15) is 11.5 Å². The van der Waals surface area contributed by atoms with E-state index >= 15 is 0 Å². The van der Waals surface area contributed by atoms with Crippen molar-refractivity contribution in [3.05, 3.63) is 59.5 Å². The normalized spacial score (nSPS) is 11.0. The number of aryl methyl sites for hydroxylation is 1. The predicted molar refractivity (Wildman–Crippen MR) is 86.9 cm³/mol. The summed E-state index contributed by atoms with van der Waals surface area (Å²) in [6.07, 6.45) is 0. The molecule has 0 bridgehead atoms. The standard InChI is InChI=1S/C18H20N2O2/c1-3-21-18-9-8-14-6-4-5-7-16(14)17(18)12-19-11-15-10-13(2)22-20-15/h4-10,19H,3,11-12H2,1-2H3. The molecular weight excluding hydrogens is 276 g/mol. The molecule has 0 spiro atoms. The maximum Gasteiger partial charge on any atom is 0.133 e. The van der Waals surface area contributed by atoms with Crippen LogP contribution in [0.3, 0.4) is 0 Å². The Labute approximate surface area is 130 Å². The van der Waals surface area contributed by atoms with Crippen LogP contribution in [0.25, 0.3) is 10.8 Å². The fraction of sp³-hybridized carbons (Fsp3) is 0.278. The summed E-state index contributed by atoms with van der Waals surface area (Å²) in [5.74, 6) is 1.77. The smallest absolute Gasteiger partial charge is 0.133 e. The minimum absolute atomic E-state index is 0.661. The molecule has 3 rings (SSSR count). The van der Waals surface area contributed by atoms with Crippen molar-refractivity contribution in [2.45, 2.75) is 26.9 Å². The molecular formula is C18H20N2O2. The van der Waals surface area contributed by atoms with E-state index in [-0.39, 0.29) is 0 Å². The zero-order chi connectivity index (χ0) is 15.4. The quantitative estimate of drug-likeness (QED) is 0.751. The minimum atomic E-state index is 0.661. The van der Waals surface area contributed by atoms with Gasteiger partial charge in [-0.25, -0.2) is 0 Å². The lowest BCUT2D eigenvalue weighted by molar-refractivity contribution is 0.336. The summed E-state index contributed by atoms with van der Waals surface area (Å²) >= 11 is 0. The zero-order valence-electron chi connectivity index (χ0n) is 12.9. The molecule has 0 aliphatic rings. The molecule has 0 saturated carbocycles. The Bertz CT molecular complexity index is 765. The highest BCUT2D eigenvalue weighted by Crippen LogP contribution is 2.28. The first kappa shape index (κ1) is 14.6. The molecule has 4 nitrogen and oxygen atoms in total. The van der Waals surface area contributed by atoms with Gasteiger partial charge < -0.3 is 14.6 Å². The number of hydrogen-bond donors (Lipinski definition) is 1. The van der Waals surface area contributed by atoms with Gasteiger partial charge in [-0.05, 0) is 30.7 Å². The van der Waals surface area contributed by atoms with Crippen LogP contribution in [0.5, 0.6) is 5.75 Å². The van der Waals surface area contributed by atoms with E-state index in [1.807, 2.05) is 26.0 Å². The molecule has 1 aromatic heterocycles. The second kappa shape index (κ2) is 6.62. The topological polar surface area (TPSA) is 47.3 Å². The molecule has 0 radical (unpaired) electrons. The van der Waals surface area contributed by atoms with Crippen molar-refractivity contribution in [3.8, 4) is 5.75 Å². The van der Waals surface area contributed by atoms with E-state index in [4.69, 9.17) is 9.26 Å². The van der Waals surface area contributed by atoms with E-state index in [1.54, 1.807) is 0 Å². The highest BCUT2D eigenvalue weighted by Gasteiger charge is 2.09. The first-order chi connectivity index (χ1) is 10.8. The Morgan fingerprint density at radius 3 is 2.77 bits per heavy atom. The molecule has 0 amide bonds. The van der Waals surface area contributed by atoms with E-state index in [1.165, 1.54) is 16.3 Å². The maximum atomic E-state index is 5.78. The highest BCUT2D eigenvalue weighted by molar-refractivity contribution is 5.87. The van der Waals surface area contributed by atoms with Crippen molar-refractivity contribution in [3.63, 3.8) is 0 Å². The van der Waals surface area contributed by atoms with Gasteiger partial charge in [0, 0.05) is 24.7 Å². The van der Waals surface area contributed by atoms with Crippen LogP contribution >= 0.6 is 0 Å². The number of benzene rings is 2. The van der Waals surface area contributed by atoms with Gasteiger partial charge >= 0.3 is 0 Å². The van der Waals surface area contributed by atoms with E-state index in [0.29, 0.717) is 13.2 Å². The summed E-state index contributed by atoms with van der Waals surface area (Å²) in [4.78, 5) is 0. The van der Waals surface area contributed by atoms with E-state index in [9.17, 15) is 0 Å². The lowest BCUT2D eigenvalue weighted by Gasteiger charge is -2.14. The number of nitrogens with one attached hydrogen (secondary N) is 1. The number of rotatable bonds is 6. The Balaban J connectivity index is 1.82. The van der Waals surface area contributed by atoms with E-state index in [2.05, 4.69) is 40.8 Å². The van der Waals surface area contributed by atoms with Crippen LogP contribution in [0, 0.1) is 6.92 Å². The average Bonchev–Trinajstić information content (AvgIpc) is 2.95. The van der Waals surface area contributed by atoms with Crippen LogP contribution in [0.4, 0.5) is 0 Å². The molecule has 0 fully saturated rings. The van der Waals surface area contributed by atoms with Crippen molar-refractivity contribution < 1.29 is 9.26 Å². The summed E-state index contributed by atoms with van der Waals surface area (Å²) < 4.78 is 10.9. The van der Waals surface area contributed by atoms with Crippen LogP contribution in [0.2, 0.25) is 0 Å². The van der Waals surface area contributed by atoms with Crippen molar-refractivity contribution >= 4 is 10.8 Å². The number of nitrogens with zero attached hydrogens (tertiary/aromatic N) is 1. The first-order valence-corrected chi connectivity index (χ1v) is 7.54. The number of hydrogen-bond acceptors (Lipinski definition) is 4. The largest absolute Gasteiger partial charge is 0.494 e. The van der Waals surface area contributed by atoms with Crippen molar-refractivity contribution in [2.24, 2.45) is 0 Å². The van der Waals surface area contributed by atoms with Crippen molar-refractivity contribution in [1.82, 2.24) is 10.5 Å². The lowest BCUT2D eigenvalue weighted by atomic mass is 10.0. The molecule has 2 aromatic carbocycles. The summed E-state index contributed by atoms with van der Waals surface area (Å²) in [7, 11) is 0. The fourth-order valence-corrected chi connectivity index (χ4v) is 2.61. The lowest BCUT2D eigenvalue weighted by Crippen LogP contribution is -2.14. The molecule has 0 unspecified atom stereocenters. The molecule has 0 aliphatic heterocycles. The number of fused-ring (bicyclic) bond motifs is 1.